The number of nitrogens with two attached hydrogens (primary N) is 1. The minimum absolute atomic E-state index is 0.172. The molecule has 1 fully saturated rings. The summed E-state index contributed by atoms with van der Waals surface area (Å²) in [5.41, 5.74) is 6.94. The van der Waals surface area contributed by atoms with Crippen LogP contribution in [0.2, 0.25) is 0 Å². The van der Waals surface area contributed by atoms with Gasteiger partial charge in [0.25, 0.3) is 0 Å². The van der Waals surface area contributed by atoms with Crippen LogP contribution in [-0.4, -0.2) is 37.0 Å². The van der Waals surface area contributed by atoms with Gasteiger partial charge in [0.1, 0.15) is 5.76 Å². The number of guanidine groups is 1. The first kappa shape index (κ1) is 15.6. The predicted octanol–water partition coefficient (Wildman–Crippen LogP) is 2.29. The molecule has 1 unspecified atom stereocenters. The van der Waals surface area contributed by atoms with Gasteiger partial charge >= 0.3 is 0 Å². The van der Waals surface area contributed by atoms with Crippen molar-refractivity contribution in [3.63, 3.8) is 0 Å². The summed E-state index contributed by atoms with van der Waals surface area (Å²) < 4.78 is 5.59. The van der Waals surface area contributed by atoms with Gasteiger partial charge in [-0.3, -0.25) is 9.89 Å². The second-order valence-corrected chi connectivity index (χ2v) is 5.66. The number of aliphatic imine (C=N–C) groups is 1. The molecule has 0 bridgehead atoms. The van der Waals surface area contributed by atoms with E-state index in [-0.39, 0.29) is 6.04 Å². The molecule has 1 aliphatic heterocycles. The lowest BCUT2D eigenvalue weighted by Gasteiger charge is -2.32. The minimum atomic E-state index is 0.172. The molecule has 5 nitrogen and oxygen atoms in total. The summed E-state index contributed by atoms with van der Waals surface area (Å²) in [6.07, 6.45) is 5.51. The third-order valence-electron chi connectivity index (χ3n) is 3.71. The number of piperidine rings is 1. The average Bonchev–Trinajstić information content (AvgIpc) is 3.00. The van der Waals surface area contributed by atoms with E-state index in [1.54, 1.807) is 6.26 Å². The van der Waals surface area contributed by atoms with E-state index in [0.29, 0.717) is 19.0 Å². The van der Waals surface area contributed by atoms with Gasteiger partial charge in [-0.1, -0.05) is 18.6 Å². The van der Waals surface area contributed by atoms with E-state index in [1.165, 1.54) is 19.3 Å². The molecule has 0 saturated carbocycles. The zero-order chi connectivity index (χ0) is 15.1. The maximum Gasteiger partial charge on any atom is 0.188 e. The van der Waals surface area contributed by atoms with Crippen molar-refractivity contribution < 1.29 is 4.42 Å². The molecule has 5 heteroatoms. The minimum Gasteiger partial charge on any atom is -0.468 e. The maximum atomic E-state index is 5.90. The summed E-state index contributed by atoms with van der Waals surface area (Å²) >= 11 is 0. The SMILES string of the molecule is C=C(C)CNC(N)=NCC(c1ccco1)N1CCCCC1. The van der Waals surface area contributed by atoms with Crippen molar-refractivity contribution >= 4 is 5.96 Å². The van der Waals surface area contributed by atoms with Crippen LogP contribution in [0.15, 0.2) is 40.0 Å². The molecule has 1 aromatic rings. The Labute approximate surface area is 126 Å². The number of furan rings is 1. The molecule has 1 saturated heterocycles. The van der Waals surface area contributed by atoms with Crippen LogP contribution in [0.1, 0.15) is 38.0 Å². The van der Waals surface area contributed by atoms with Gasteiger partial charge in [0.2, 0.25) is 0 Å². The molecule has 0 spiro atoms. The van der Waals surface area contributed by atoms with Gasteiger partial charge in [0.05, 0.1) is 18.8 Å². The van der Waals surface area contributed by atoms with Crippen molar-refractivity contribution in [2.75, 3.05) is 26.2 Å². The lowest BCUT2D eigenvalue weighted by atomic mass is 10.1. The average molecular weight is 290 g/mol. The first-order valence-corrected chi connectivity index (χ1v) is 7.62. The second kappa shape index (κ2) is 7.88. The Bertz CT molecular complexity index is 461. The highest BCUT2D eigenvalue weighted by Crippen LogP contribution is 2.25. The van der Waals surface area contributed by atoms with Crippen molar-refractivity contribution in [1.29, 1.82) is 0 Å². The molecule has 0 amide bonds. The Morgan fingerprint density at radius 1 is 1.48 bits per heavy atom. The van der Waals surface area contributed by atoms with Gasteiger partial charge in [0, 0.05) is 6.54 Å². The maximum absolute atomic E-state index is 5.90. The Kier molecular flexibility index (Phi) is 5.87. The molecule has 1 aliphatic rings. The van der Waals surface area contributed by atoms with Crippen molar-refractivity contribution in [2.24, 2.45) is 10.7 Å². The molecule has 0 aromatic carbocycles. The predicted molar refractivity (Wildman–Crippen MR) is 86.2 cm³/mol. The third-order valence-corrected chi connectivity index (χ3v) is 3.71. The molecule has 116 valence electrons. The highest BCUT2D eigenvalue weighted by atomic mass is 16.3. The van der Waals surface area contributed by atoms with E-state index in [2.05, 4.69) is 21.8 Å². The van der Waals surface area contributed by atoms with Gasteiger partial charge in [-0.2, -0.15) is 0 Å². The monoisotopic (exact) mass is 290 g/mol. The van der Waals surface area contributed by atoms with Crippen LogP contribution in [0.3, 0.4) is 0 Å². The van der Waals surface area contributed by atoms with E-state index in [0.717, 1.165) is 24.4 Å². The molecule has 21 heavy (non-hydrogen) atoms. The molecule has 3 N–H and O–H groups in total. The van der Waals surface area contributed by atoms with E-state index in [1.807, 2.05) is 19.1 Å². The highest BCUT2D eigenvalue weighted by molar-refractivity contribution is 5.78. The largest absolute Gasteiger partial charge is 0.468 e. The third kappa shape index (κ3) is 4.93. The molecule has 1 atom stereocenters. The van der Waals surface area contributed by atoms with E-state index < -0.39 is 0 Å². The Morgan fingerprint density at radius 2 is 2.24 bits per heavy atom. The molecule has 2 heterocycles. The normalized spacial score (nSPS) is 18.4. The topological polar surface area (TPSA) is 66.8 Å². The number of hydrogen-bond donors (Lipinski definition) is 2. The number of nitrogens with zero attached hydrogens (tertiary/aromatic N) is 2. The van der Waals surface area contributed by atoms with E-state index in [9.17, 15) is 0 Å². The van der Waals surface area contributed by atoms with Crippen molar-refractivity contribution in [3.05, 3.63) is 36.3 Å². The summed E-state index contributed by atoms with van der Waals surface area (Å²) in [7, 11) is 0. The zero-order valence-electron chi connectivity index (χ0n) is 12.8. The van der Waals surface area contributed by atoms with Gasteiger partial charge in [-0.05, 0) is 45.0 Å². The fourth-order valence-electron chi connectivity index (χ4n) is 2.58. The standard InChI is InChI=1S/C16H26N4O/c1-13(2)11-18-16(17)19-12-14(15-7-6-10-21-15)20-8-4-3-5-9-20/h6-7,10,14H,1,3-5,8-9,11-12H2,2H3,(H3,17,18,19). The fraction of sp³-hybridized carbons (Fsp3) is 0.562. The first-order chi connectivity index (χ1) is 10.2. The van der Waals surface area contributed by atoms with Gasteiger partial charge in [-0.25, -0.2) is 0 Å². The first-order valence-electron chi connectivity index (χ1n) is 7.62. The number of rotatable bonds is 6. The summed E-state index contributed by atoms with van der Waals surface area (Å²) in [5, 5.41) is 3.06. The molecule has 1 aromatic heterocycles. The molecular formula is C16H26N4O. The molecule has 2 rings (SSSR count). The molecule has 0 radical (unpaired) electrons. The lowest BCUT2D eigenvalue weighted by Crippen LogP contribution is -2.37. The quantitative estimate of drug-likeness (QED) is 0.479. The van der Waals surface area contributed by atoms with Crippen LogP contribution in [0, 0.1) is 0 Å². The highest BCUT2D eigenvalue weighted by Gasteiger charge is 2.24. The smallest absolute Gasteiger partial charge is 0.188 e. The van der Waals surface area contributed by atoms with Crippen LogP contribution in [0.25, 0.3) is 0 Å². The van der Waals surface area contributed by atoms with Gasteiger partial charge < -0.3 is 15.5 Å². The number of nitrogens with one attached hydrogen (secondary N) is 1. The fourth-order valence-corrected chi connectivity index (χ4v) is 2.58. The van der Waals surface area contributed by atoms with Gasteiger partial charge in [-0.15, -0.1) is 0 Å². The van der Waals surface area contributed by atoms with Crippen LogP contribution in [0.4, 0.5) is 0 Å². The Morgan fingerprint density at radius 3 is 2.86 bits per heavy atom. The van der Waals surface area contributed by atoms with Crippen LogP contribution >= 0.6 is 0 Å². The van der Waals surface area contributed by atoms with Crippen LogP contribution in [-0.2, 0) is 0 Å². The second-order valence-electron chi connectivity index (χ2n) is 5.66. The van der Waals surface area contributed by atoms with E-state index in [4.69, 9.17) is 10.2 Å². The van der Waals surface area contributed by atoms with Crippen LogP contribution < -0.4 is 11.1 Å². The van der Waals surface area contributed by atoms with Crippen LogP contribution in [0.5, 0.6) is 0 Å². The number of likely N-dealkylation sites (tertiary alicyclic amines) is 1. The Balaban J connectivity index is 1.99. The Hall–Kier alpha value is -1.75. The lowest BCUT2D eigenvalue weighted by molar-refractivity contribution is 0.150. The summed E-state index contributed by atoms with van der Waals surface area (Å²) in [6, 6.07) is 4.12. The molecule has 0 aliphatic carbocycles. The van der Waals surface area contributed by atoms with E-state index >= 15 is 0 Å². The van der Waals surface area contributed by atoms with Gasteiger partial charge in [0.15, 0.2) is 5.96 Å². The zero-order valence-corrected chi connectivity index (χ0v) is 12.8. The molecular weight excluding hydrogens is 264 g/mol. The van der Waals surface area contributed by atoms with Crippen molar-refractivity contribution in [3.8, 4) is 0 Å². The summed E-state index contributed by atoms with van der Waals surface area (Å²) in [5.74, 6) is 1.43. The number of hydrogen-bond acceptors (Lipinski definition) is 3. The summed E-state index contributed by atoms with van der Waals surface area (Å²) in [6.45, 7) is 9.26. The van der Waals surface area contributed by atoms with Crippen molar-refractivity contribution in [1.82, 2.24) is 10.2 Å². The van der Waals surface area contributed by atoms with Crippen molar-refractivity contribution in [2.45, 2.75) is 32.2 Å². The summed E-state index contributed by atoms with van der Waals surface area (Å²) in [4.78, 5) is 6.91.